The quantitative estimate of drug-likeness (QED) is 0.789. The Hall–Kier alpha value is -1.52. The summed E-state index contributed by atoms with van der Waals surface area (Å²) in [5, 5.41) is 0. The molecule has 2 rings (SSSR count). The molecule has 0 saturated carbocycles. The molecular weight excluding hydrogens is 265 g/mol. The zero-order valence-corrected chi connectivity index (χ0v) is 12.1. The van der Waals surface area contributed by atoms with Gasteiger partial charge in [0.15, 0.2) is 0 Å². The lowest BCUT2D eigenvalue weighted by atomic mass is 10.1. The molecule has 2 aromatic rings. The average molecular weight is 284 g/mol. The molecule has 0 spiro atoms. The molecular formula is C15H19F3N2. The van der Waals surface area contributed by atoms with Crippen LogP contribution in [0.4, 0.5) is 13.2 Å². The fourth-order valence-corrected chi connectivity index (χ4v) is 2.32. The number of fused-ring (bicyclic) bond motifs is 1. The van der Waals surface area contributed by atoms with Crippen LogP contribution < -0.4 is 0 Å². The number of hydrogen-bond acceptors (Lipinski definition) is 1. The van der Waals surface area contributed by atoms with Crippen LogP contribution in [-0.4, -0.2) is 9.55 Å². The molecule has 0 atom stereocenters. The molecule has 0 unspecified atom stereocenters. The molecule has 0 N–H and O–H groups in total. The Morgan fingerprint density at radius 3 is 2.30 bits per heavy atom. The lowest BCUT2D eigenvalue weighted by Gasteiger charge is -2.13. The number of nitrogens with zero attached hydrogens (tertiary/aromatic N) is 2. The van der Waals surface area contributed by atoms with E-state index in [0.29, 0.717) is 11.4 Å². The van der Waals surface area contributed by atoms with E-state index in [2.05, 4.69) is 18.8 Å². The summed E-state index contributed by atoms with van der Waals surface area (Å²) in [5.74, 6) is 1.43. The largest absolute Gasteiger partial charge is 0.416 e. The highest BCUT2D eigenvalue weighted by Gasteiger charge is 2.31. The molecule has 0 amide bonds. The van der Waals surface area contributed by atoms with Crippen molar-refractivity contribution in [2.24, 2.45) is 5.92 Å². The van der Waals surface area contributed by atoms with Gasteiger partial charge >= 0.3 is 6.18 Å². The van der Waals surface area contributed by atoms with Crippen LogP contribution in [0.5, 0.6) is 0 Å². The Labute approximate surface area is 116 Å². The highest BCUT2D eigenvalue weighted by Crippen LogP contribution is 2.32. The number of imidazole rings is 1. The monoisotopic (exact) mass is 284 g/mol. The van der Waals surface area contributed by atoms with Crippen LogP contribution in [0.2, 0.25) is 0 Å². The SMILES string of the molecule is CC(C)Cn1c(C(C)C)nc2cc(C(F)(F)F)ccc21. The van der Waals surface area contributed by atoms with Gasteiger partial charge in [-0.3, -0.25) is 0 Å². The zero-order valence-electron chi connectivity index (χ0n) is 12.1. The molecule has 0 aliphatic carbocycles. The first-order valence-electron chi connectivity index (χ1n) is 6.77. The topological polar surface area (TPSA) is 17.8 Å². The average Bonchev–Trinajstić information content (AvgIpc) is 2.65. The van der Waals surface area contributed by atoms with E-state index >= 15 is 0 Å². The van der Waals surface area contributed by atoms with Gasteiger partial charge in [-0.05, 0) is 24.1 Å². The van der Waals surface area contributed by atoms with E-state index in [1.807, 2.05) is 18.4 Å². The van der Waals surface area contributed by atoms with Gasteiger partial charge in [-0.25, -0.2) is 4.98 Å². The minimum Gasteiger partial charge on any atom is -0.328 e. The van der Waals surface area contributed by atoms with E-state index in [1.54, 1.807) is 0 Å². The van der Waals surface area contributed by atoms with Gasteiger partial charge in [0.1, 0.15) is 5.82 Å². The molecule has 0 bridgehead atoms. The van der Waals surface area contributed by atoms with Gasteiger partial charge < -0.3 is 4.57 Å². The highest BCUT2D eigenvalue weighted by molar-refractivity contribution is 5.77. The molecule has 2 nitrogen and oxygen atoms in total. The van der Waals surface area contributed by atoms with Crippen LogP contribution in [0.1, 0.15) is 45.0 Å². The van der Waals surface area contributed by atoms with Gasteiger partial charge in [-0.2, -0.15) is 13.2 Å². The summed E-state index contributed by atoms with van der Waals surface area (Å²) in [6, 6.07) is 3.79. The first-order valence-corrected chi connectivity index (χ1v) is 6.77. The molecule has 1 heterocycles. The van der Waals surface area contributed by atoms with Crippen LogP contribution in [0, 0.1) is 5.92 Å². The Bertz CT molecular complexity index is 609. The van der Waals surface area contributed by atoms with Crippen molar-refractivity contribution in [3.8, 4) is 0 Å². The van der Waals surface area contributed by atoms with Crippen molar-refractivity contribution in [1.82, 2.24) is 9.55 Å². The summed E-state index contributed by atoms with van der Waals surface area (Å²) in [6.07, 6.45) is -4.33. The molecule has 0 radical (unpaired) electrons. The van der Waals surface area contributed by atoms with Crippen LogP contribution in [-0.2, 0) is 12.7 Å². The van der Waals surface area contributed by atoms with Gasteiger partial charge in [-0.1, -0.05) is 27.7 Å². The molecule has 20 heavy (non-hydrogen) atoms. The van der Waals surface area contributed by atoms with Crippen molar-refractivity contribution in [2.75, 3.05) is 0 Å². The van der Waals surface area contributed by atoms with Crippen molar-refractivity contribution < 1.29 is 13.2 Å². The van der Waals surface area contributed by atoms with Crippen LogP contribution in [0.3, 0.4) is 0 Å². The van der Waals surface area contributed by atoms with Crippen molar-refractivity contribution >= 4 is 11.0 Å². The minimum atomic E-state index is -4.33. The Morgan fingerprint density at radius 2 is 1.80 bits per heavy atom. The molecule has 0 fully saturated rings. The lowest BCUT2D eigenvalue weighted by molar-refractivity contribution is -0.137. The first kappa shape index (κ1) is 14.9. The first-order chi connectivity index (χ1) is 9.20. The summed E-state index contributed by atoms with van der Waals surface area (Å²) in [7, 11) is 0. The molecule has 1 aromatic heterocycles. The smallest absolute Gasteiger partial charge is 0.328 e. The minimum absolute atomic E-state index is 0.176. The van der Waals surface area contributed by atoms with E-state index in [9.17, 15) is 13.2 Å². The zero-order chi connectivity index (χ0) is 15.1. The van der Waals surface area contributed by atoms with Crippen LogP contribution >= 0.6 is 0 Å². The number of alkyl halides is 3. The maximum Gasteiger partial charge on any atom is 0.416 e. The maximum absolute atomic E-state index is 12.8. The third kappa shape index (κ3) is 2.81. The standard InChI is InChI=1S/C15H19F3N2/c1-9(2)8-20-13-6-5-11(15(16,17)18)7-12(13)19-14(20)10(3)4/h5-7,9-10H,8H2,1-4H3. The van der Waals surface area contributed by atoms with Crippen molar-refractivity contribution in [1.29, 1.82) is 0 Å². The number of hydrogen-bond donors (Lipinski definition) is 0. The van der Waals surface area contributed by atoms with E-state index < -0.39 is 11.7 Å². The van der Waals surface area contributed by atoms with E-state index in [0.717, 1.165) is 30.0 Å². The number of rotatable bonds is 3. The summed E-state index contributed by atoms with van der Waals surface area (Å²) in [5.41, 5.74) is 0.550. The van der Waals surface area contributed by atoms with Crippen molar-refractivity contribution in [3.05, 3.63) is 29.6 Å². The fraction of sp³-hybridized carbons (Fsp3) is 0.533. The van der Waals surface area contributed by atoms with E-state index in [1.165, 1.54) is 6.07 Å². The molecule has 5 heteroatoms. The summed E-state index contributed by atoms with van der Waals surface area (Å²) in [6.45, 7) is 8.93. The summed E-state index contributed by atoms with van der Waals surface area (Å²) in [4.78, 5) is 4.40. The molecule has 0 saturated heterocycles. The Kier molecular flexibility index (Phi) is 3.80. The third-order valence-corrected chi connectivity index (χ3v) is 3.17. The van der Waals surface area contributed by atoms with Crippen molar-refractivity contribution in [2.45, 2.75) is 46.3 Å². The highest BCUT2D eigenvalue weighted by atomic mass is 19.4. The summed E-state index contributed by atoms with van der Waals surface area (Å²) >= 11 is 0. The molecule has 0 aliphatic rings. The van der Waals surface area contributed by atoms with Gasteiger partial charge in [0.25, 0.3) is 0 Å². The third-order valence-electron chi connectivity index (χ3n) is 3.17. The second kappa shape index (κ2) is 5.11. The van der Waals surface area contributed by atoms with Crippen molar-refractivity contribution in [3.63, 3.8) is 0 Å². The van der Waals surface area contributed by atoms with Gasteiger partial charge in [0.2, 0.25) is 0 Å². The summed E-state index contributed by atoms with van der Waals surface area (Å²) < 4.78 is 40.3. The predicted octanol–water partition coefficient (Wildman–Crippen LogP) is 4.83. The fourth-order valence-electron chi connectivity index (χ4n) is 2.32. The van der Waals surface area contributed by atoms with Crippen LogP contribution in [0.15, 0.2) is 18.2 Å². The second-order valence-corrected chi connectivity index (χ2v) is 5.83. The molecule has 0 aliphatic heterocycles. The van der Waals surface area contributed by atoms with Gasteiger partial charge in [0.05, 0.1) is 16.6 Å². The maximum atomic E-state index is 12.8. The molecule has 1 aromatic carbocycles. The van der Waals surface area contributed by atoms with E-state index in [-0.39, 0.29) is 5.92 Å². The number of benzene rings is 1. The predicted molar refractivity (Wildman–Crippen MR) is 73.7 cm³/mol. The van der Waals surface area contributed by atoms with Gasteiger partial charge in [-0.15, -0.1) is 0 Å². The molecule has 110 valence electrons. The Morgan fingerprint density at radius 1 is 1.15 bits per heavy atom. The normalized spacial score (nSPS) is 12.8. The van der Waals surface area contributed by atoms with Crippen LogP contribution in [0.25, 0.3) is 11.0 Å². The lowest BCUT2D eigenvalue weighted by Crippen LogP contribution is -2.09. The van der Waals surface area contributed by atoms with Gasteiger partial charge in [0, 0.05) is 12.5 Å². The Balaban J connectivity index is 2.61. The second-order valence-electron chi connectivity index (χ2n) is 5.83. The number of halogens is 3. The van der Waals surface area contributed by atoms with E-state index in [4.69, 9.17) is 0 Å². The number of aromatic nitrogens is 2.